The molecule has 5 rings (SSSR count). The summed E-state index contributed by atoms with van der Waals surface area (Å²) in [5, 5.41) is 12.2. The van der Waals surface area contributed by atoms with E-state index in [-0.39, 0.29) is 52.6 Å². The molecular weight excluding hydrogens is 539 g/mol. The number of carboxylic acid groups (broad SMARTS) is 1. The lowest BCUT2D eigenvalue weighted by atomic mass is 9.94. The molecule has 13 heteroatoms. The number of nitrogens with zero attached hydrogens (tertiary/aromatic N) is 3. The number of carbonyl (C=O) groups is 2. The molecule has 0 radical (unpaired) electrons. The fraction of sp³-hybridized carbons (Fsp3) is 0.222. The number of aromatic nitrogens is 2. The molecule has 1 aliphatic rings. The van der Waals surface area contributed by atoms with E-state index in [0.29, 0.717) is 0 Å². The number of imidazole rings is 1. The van der Waals surface area contributed by atoms with Crippen molar-refractivity contribution in [1.82, 2.24) is 14.7 Å². The first-order valence-electron chi connectivity index (χ1n) is 12.0. The number of hydrogen-bond acceptors (Lipinski definition) is 4. The molecule has 0 saturated heterocycles. The Balaban J connectivity index is 1.45. The van der Waals surface area contributed by atoms with Crippen molar-refractivity contribution in [2.24, 2.45) is 0 Å². The third-order valence-corrected chi connectivity index (χ3v) is 6.64. The fourth-order valence-electron chi connectivity index (χ4n) is 4.73. The molecule has 0 spiro atoms. The van der Waals surface area contributed by atoms with Crippen LogP contribution in [0.15, 0.2) is 54.7 Å². The van der Waals surface area contributed by atoms with Crippen molar-refractivity contribution in [3.8, 4) is 5.75 Å². The summed E-state index contributed by atoms with van der Waals surface area (Å²) in [5.41, 5.74) is -0.693. The second-order valence-corrected chi connectivity index (χ2v) is 9.12. The molecule has 1 unspecified atom stereocenters. The maximum atomic E-state index is 14.0. The summed E-state index contributed by atoms with van der Waals surface area (Å²) in [6.07, 6.45) is -4.45. The van der Waals surface area contributed by atoms with Gasteiger partial charge in [-0.15, -0.1) is 0 Å². The molecule has 0 aliphatic carbocycles. The van der Waals surface area contributed by atoms with Crippen LogP contribution in [0.3, 0.4) is 0 Å². The number of anilines is 1. The number of pyridine rings is 1. The molecular formula is C27H21F5N4O4. The average Bonchev–Trinajstić information content (AvgIpc) is 3.24. The fourth-order valence-corrected chi connectivity index (χ4v) is 4.73. The second kappa shape index (κ2) is 10.1. The van der Waals surface area contributed by atoms with Gasteiger partial charge >= 0.3 is 12.3 Å². The highest BCUT2D eigenvalue weighted by atomic mass is 19.4. The number of ether oxygens (including phenoxy) is 1. The first-order valence-corrected chi connectivity index (χ1v) is 12.0. The van der Waals surface area contributed by atoms with Crippen LogP contribution in [-0.4, -0.2) is 33.0 Å². The molecule has 3 heterocycles. The summed E-state index contributed by atoms with van der Waals surface area (Å²) >= 11 is 0. The van der Waals surface area contributed by atoms with Crippen LogP contribution >= 0.6 is 0 Å². The Morgan fingerprint density at radius 3 is 2.52 bits per heavy atom. The van der Waals surface area contributed by atoms with Crippen molar-refractivity contribution >= 4 is 23.3 Å². The minimum atomic E-state index is -4.67. The zero-order valence-electron chi connectivity index (χ0n) is 20.8. The number of fused-ring (bicyclic) bond motifs is 2. The summed E-state index contributed by atoms with van der Waals surface area (Å²) in [7, 11) is 0. The third kappa shape index (κ3) is 4.90. The highest BCUT2D eigenvalue weighted by Gasteiger charge is 2.36. The van der Waals surface area contributed by atoms with Crippen LogP contribution in [-0.2, 0) is 12.8 Å². The molecule has 8 nitrogen and oxygen atoms in total. The minimum absolute atomic E-state index is 0.0132. The van der Waals surface area contributed by atoms with Gasteiger partial charge in [-0.2, -0.15) is 13.2 Å². The number of hydrogen-bond donors (Lipinski definition) is 2. The standard InChI is InChI=1S/C27H21F5N4O4/c1-14-23(36-10-3-6-22(24(36)33-14)40-13-17-18(28)4-2-5-19(17)29)25(37)34-20-9-11-35(26(38)39)21-8-7-15(12-16(20)21)27(30,31)32/h2-8,10,12,20H,9,11,13H2,1H3,(H,34,37)(H,38,39). The van der Waals surface area contributed by atoms with Crippen LogP contribution in [0.2, 0.25) is 0 Å². The SMILES string of the molecule is Cc1nc2c(OCc3c(F)cccc3F)cccn2c1C(=O)NC1CCN(C(=O)O)c2ccc(C(F)(F)F)cc21. The number of nitrogens with one attached hydrogen (secondary N) is 1. The van der Waals surface area contributed by atoms with E-state index >= 15 is 0 Å². The molecule has 1 atom stereocenters. The second-order valence-electron chi connectivity index (χ2n) is 9.12. The van der Waals surface area contributed by atoms with E-state index < -0.39 is 48.0 Å². The number of alkyl halides is 3. The van der Waals surface area contributed by atoms with Crippen LogP contribution in [0.4, 0.5) is 32.4 Å². The van der Waals surface area contributed by atoms with Crippen LogP contribution in [0.5, 0.6) is 5.75 Å². The summed E-state index contributed by atoms with van der Waals surface area (Å²) in [5.74, 6) is -2.09. The smallest absolute Gasteiger partial charge is 0.416 e. The van der Waals surface area contributed by atoms with E-state index in [1.807, 2.05) is 0 Å². The van der Waals surface area contributed by atoms with Crippen LogP contribution < -0.4 is 15.0 Å². The van der Waals surface area contributed by atoms with Gasteiger partial charge in [0.2, 0.25) is 0 Å². The predicted molar refractivity (Wildman–Crippen MR) is 132 cm³/mol. The third-order valence-electron chi connectivity index (χ3n) is 6.64. The molecule has 4 aromatic rings. The number of rotatable bonds is 5. The van der Waals surface area contributed by atoms with Gasteiger partial charge in [0.1, 0.15) is 23.9 Å². The lowest BCUT2D eigenvalue weighted by Crippen LogP contribution is -2.41. The summed E-state index contributed by atoms with van der Waals surface area (Å²) in [6.45, 7) is 1.06. The first kappa shape index (κ1) is 26.9. The van der Waals surface area contributed by atoms with Gasteiger partial charge in [0.15, 0.2) is 11.4 Å². The van der Waals surface area contributed by atoms with Crippen molar-refractivity contribution in [3.05, 3.63) is 94.4 Å². The number of aryl methyl sites for hydroxylation is 1. The highest BCUT2D eigenvalue weighted by molar-refractivity contribution is 5.96. The summed E-state index contributed by atoms with van der Waals surface area (Å²) in [6, 6.07) is 8.26. The zero-order valence-corrected chi connectivity index (χ0v) is 20.8. The number of amides is 2. The zero-order chi connectivity index (χ0) is 28.8. The molecule has 0 bridgehead atoms. The summed E-state index contributed by atoms with van der Waals surface area (Å²) < 4.78 is 75.4. The van der Waals surface area contributed by atoms with Crippen LogP contribution in [0.1, 0.15) is 45.3 Å². The molecule has 2 aromatic carbocycles. The molecule has 208 valence electrons. The van der Waals surface area contributed by atoms with E-state index in [1.165, 1.54) is 28.8 Å². The molecule has 1 aliphatic heterocycles. The van der Waals surface area contributed by atoms with E-state index in [4.69, 9.17) is 4.74 Å². The lowest BCUT2D eigenvalue weighted by Gasteiger charge is -2.33. The Bertz CT molecular complexity index is 1620. The molecule has 2 aromatic heterocycles. The van der Waals surface area contributed by atoms with E-state index in [0.717, 1.165) is 35.2 Å². The van der Waals surface area contributed by atoms with Crippen molar-refractivity contribution < 1.29 is 41.4 Å². The lowest BCUT2D eigenvalue weighted by molar-refractivity contribution is -0.137. The maximum Gasteiger partial charge on any atom is 0.416 e. The van der Waals surface area contributed by atoms with E-state index in [1.54, 1.807) is 6.92 Å². The Hall–Kier alpha value is -4.68. The Morgan fingerprint density at radius 2 is 1.85 bits per heavy atom. The number of benzene rings is 2. The molecule has 0 saturated carbocycles. The van der Waals surface area contributed by atoms with Gasteiger partial charge < -0.3 is 15.2 Å². The van der Waals surface area contributed by atoms with Gasteiger partial charge in [-0.25, -0.2) is 18.6 Å². The Morgan fingerprint density at radius 1 is 1.12 bits per heavy atom. The molecule has 2 N–H and O–H groups in total. The van der Waals surface area contributed by atoms with Gasteiger partial charge in [0.05, 0.1) is 28.6 Å². The highest BCUT2D eigenvalue weighted by Crippen LogP contribution is 2.39. The molecule has 40 heavy (non-hydrogen) atoms. The average molecular weight is 560 g/mol. The van der Waals surface area contributed by atoms with Crippen LogP contribution in [0, 0.1) is 18.6 Å². The van der Waals surface area contributed by atoms with Crippen molar-refractivity contribution in [3.63, 3.8) is 0 Å². The van der Waals surface area contributed by atoms with Gasteiger partial charge in [-0.1, -0.05) is 6.07 Å². The van der Waals surface area contributed by atoms with Crippen molar-refractivity contribution in [1.29, 1.82) is 0 Å². The largest absolute Gasteiger partial charge is 0.485 e. The number of carbonyl (C=O) groups excluding carboxylic acids is 1. The molecule has 2 amide bonds. The topological polar surface area (TPSA) is 96.2 Å². The van der Waals surface area contributed by atoms with Gasteiger partial charge in [0.25, 0.3) is 5.91 Å². The maximum absolute atomic E-state index is 14.0. The quantitative estimate of drug-likeness (QED) is 0.298. The van der Waals surface area contributed by atoms with Gasteiger partial charge in [-0.05, 0) is 61.4 Å². The monoisotopic (exact) mass is 560 g/mol. The van der Waals surface area contributed by atoms with Crippen molar-refractivity contribution in [2.45, 2.75) is 32.2 Å². The summed E-state index contributed by atoms with van der Waals surface area (Å²) in [4.78, 5) is 30.4. The Labute approximate surface area is 223 Å². The predicted octanol–water partition coefficient (Wildman–Crippen LogP) is 5.88. The van der Waals surface area contributed by atoms with E-state index in [2.05, 4.69) is 10.3 Å². The van der Waals surface area contributed by atoms with Gasteiger partial charge in [-0.3, -0.25) is 14.1 Å². The number of halogens is 5. The normalized spacial score (nSPS) is 15.2. The van der Waals surface area contributed by atoms with Crippen LogP contribution in [0.25, 0.3) is 5.65 Å². The van der Waals surface area contributed by atoms with E-state index in [9.17, 15) is 36.6 Å². The Kier molecular flexibility index (Phi) is 6.82. The van der Waals surface area contributed by atoms with Gasteiger partial charge in [0, 0.05) is 12.7 Å². The minimum Gasteiger partial charge on any atom is -0.485 e. The molecule has 0 fully saturated rings. The van der Waals surface area contributed by atoms with Crippen molar-refractivity contribution in [2.75, 3.05) is 11.4 Å². The first-order chi connectivity index (χ1) is 19.0.